The Hall–Kier alpha value is -0.0800. The summed E-state index contributed by atoms with van der Waals surface area (Å²) in [6.45, 7) is 8.20. The van der Waals surface area contributed by atoms with Crippen LogP contribution in [0.25, 0.3) is 0 Å². The molecule has 0 bridgehead atoms. The van der Waals surface area contributed by atoms with Crippen molar-refractivity contribution in [3.05, 3.63) is 0 Å². The highest BCUT2D eigenvalue weighted by atomic mass is 16.3. The molecule has 0 aromatic heterocycles. The Balaban J connectivity index is 2.56. The lowest BCUT2D eigenvalue weighted by molar-refractivity contribution is -0.182. The molecule has 0 aromatic rings. The molecule has 1 aliphatic rings. The van der Waals surface area contributed by atoms with Crippen LogP contribution in [0.3, 0.4) is 0 Å². The maximum Gasteiger partial charge on any atom is 0.0651 e. The number of hydrogen-bond donors (Lipinski definition) is 2. The fraction of sp³-hybridized carbons (Fsp3) is 1.00. The average molecular weight is 172 g/mol. The van der Waals surface area contributed by atoms with Crippen LogP contribution in [0.15, 0.2) is 0 Å². The molecule has 0 heterocycles. The van der Waals surface area contributed by atoms with Gasteiger partial charge in [0.25, 0.3) is 0 Å². The lowest BCUT2D eigenvalue weighted by atomic mass is 9.60. The third-order valence-corrected chi connectivity index (χ3v) is 3.12. The molecule has 1 aliphatic carbocycles. The smallest absolute Gasteiger partial charge is 0.0651 e. The number of aliphatic hydroxyl groups is 2. The first-order chi connectivity index (χ1) is 5.46. The number of hydrogen-bond acceptors (Lipinski definition) is 2. The van der Waals surface area contributed by atoms with Gasteiger partial charge in [0.15, 0.2) is 0 Å². The molecule has 0 unspecified atom stereocenters. The van der Waals surface area contributed by atoms with E-state index in [0.717, 1.165) is 0 Å². The zero-order chi connectivity index (χ0) is 9.46. The minimum atomic E-state index is -0.292. The van der Waals surface area contributed by atoms with E-state index in [4.69, 9.17) is 0 Å². The monoisotopic (exact) mass is 172 g/mol. The maximum atomic E-state index is 9.72. The molecule has 2 nitrogen and oxygen atoms in total. The third kappa shape index (κ3) is 1.38. The molecule has 0 spiro atoms. The van der Waals surface area contributed by atoms with E-state index in [0.29, 0.717) is 11.8 Å². The van der Waals surface area contributed by atoms with Crippen molar-refractivity contribution < 1.29 is 10.2 Å². The largest absolute Gasteiger partial charge is 0.392 e. The minimum absolute atomic E-state index is 0.0948. The van der Waals surface area contributed by atoms with Gasteiger partial charge in [0, 0.05) is 11.8 Å². The summed E-state index contributed by atoms with van der Waals surface area (Å²) in [7, 11) is 0. The SMILES string of the molecule is CC(C)C1C(O)C(C(C)C)C1O. The fourth-order valence-corrected chi connectivity index (χ4v) is 2.35. The predicted molar refractivity (Wildman–Crippen MR) is 48.7 cm³/mol. The van der Waals surface area contributed by atoms with Crippen molar-refractivity contribution in [2.45, 2.75) is 39.9 Å². The van der Waals surface area contributed by atoms with E-state index in [9.17, 15) is 10.2 Å². The summed E-state index contributed by atoms with van der Waals surface area (Å²) in [5.74, 6) is 0.949. The first kappa shape index (κ1) is 10.0. The molecule has 2 N–H and O–H groups in total. The van der Waals surface area contributed by atoms with E-state index in [1.165, 1.54) is 0 Å². The third-order valence-electron chi connectivity index (χ3n) is 3.12. The van der Waals surface area contributed by atoms with Gasteiger partial charge in [-0.1, -0.05) is 27.7 Å². The molecular weight excluding hydrogens is 152 g/mol. The van der Waals surface area contributed by atoms with E-state index in [1.54, 1.807) is 0 Å². The van der Waals surface area contributed by atoms with Crippen molar-refractivity contribution in [1.82, 2.24) is 0 Å². The standard InChI is InChI=1S/C10H20O2/c1-5(2)7-9(11)8(6(3)4)10(7)12/h5-12H,1-4H3. The number of rotatable bonds is 2. The quantitative estimate of drug-likeness (QED) is 0.658. The van der Waals surface area contributed by atoms with Gasteiger partial charge in [-0.05, 0) is 11.8 Å². The van der Waals surface area contributed by atoms with Gasteiger partial charge < -0.3 is 10.2 Å². The molecule has 72 valence electrons. The van der Waals surface area contributed by atoms with Crippen LogP contribution in [0.4, 0.5) is 0 Å². The van der Waals surface area contributed by atoms with Crippen molar-refractivity contribution >= 4 is 0 Å². The van der Waals surface area contributed by atoms with Crippen molar-refractivity contribution in [3.8, 4) is 0 Å². The van der Waals surface area contributed by atoms with Crippen molar-refractivity contribution in [2.24, 2.45) is 23.7 Å². The van der Waals surface area contributed by atoms with Gasteiger partial charge in [0.05, 0.1) is 12.2 Å². The van der Waals surface area contributed by atoms with Gasteiger partial charge in [0.2, 0.25) is 0 Å². The molecule has 0 amide bonds. The zero-order valence-corrected chi connectivity index (χ0v) is 8.36. The molecule has 0 atom stereocenters. The van der Waals surface area contributed by atoms with Gasteiger partial charge in [-0.2, -0.15) is 0 Å². The van der Waals surface area contributed by atoms with Gasteiger partial charge in [-0.3, -0.25) is 0 Å². The highest BCUT2D eigenvalue weighted by Gasteiger charge is 2.50. The Morgan fingerprint density at radius 2 is 1.00 bits per heavy atom. The van der Waals surface area contributed by atoms with E-state index in [1.807, 2.05) is 27.7 Å². The predicted octanol–water partition coefficient (Wildman–Crippen LogP) is 1.27. The van der Waals surface area contributed by atoms with E-state index >= 15 is 0 Å². The summed E-state index contributed by atoms with van der Waals surface area (Å²) in [6.07, 6.45) is -0.583. The summed E-state index contributed by atoms with van der Waals surface area (Å²) in [5.41, 5.74) is 0. The molecule has 0 aromatic carbocycles. The van der Waals surface area contributed by atoms with Crippen molar-refractivity contribution in [2.75, 3.05) is 0 Å². The summed E-state index contributed by atoms with van der Waals surface area (Å²) in [4.78, 5) is 0. The molecule has 0 saturated heterocycles. The second-order valence-electron chi connectivity index (χ2n) is 4.62. The van der Waals surface area contributed by atoms with E-state index < -0.39 is 0 Å². The average Bonchev–Trinajstić information content (AvgIpc) is 1.84. The number of aliphatic hydroxyl groups excluding tert-OH is 2. The molecule has 12 heavy (non-hydrogen) atoms. The minimum Gasteiger partial charge on any atom is -0.392 e. The molecule has 1 fully saturated rings. The molecule has 0 radical (unpaired) electrons. The van der Waals surface area contributed by atoms with Crippen LogP contribution in [0.5, 0.6) is 0 Å². The first-order valence-corrected chi connectivity index (χ1v) is 4.83. The van der Waals surface area contributed by atoms with Gasteiger partial charge in [-0.25, -0.2) is 0 Å². The lowest BCUT2D eigenvalue weighted by Crippen LogP contribution is -2.59. The maximum absolute atomic E-state index is 9.72. The lowest BCUT2D eigenvalue weighted by Gasteiger charge is -2.50. The Kier molecular flexibility index (Phi) is 2.79. The van der Waals surface area contributed by atoms with Gasteiger partial charge >= 0.3 is 0 Å². The summed E-state index contributed by atoms with van der Waals surface area (Å²) in [5, 5.41) is 19.4. The fourth-order valence-electron chi connectivity index (χ4n) is 2.35. The molecular formula is C10H20O2. The van der Waals surface area contributed by atoms with Crippen LogP contribution in [0.2, 0.25) is 0 Å². The van der Waals surface area contributed by atoms with E-state index in [-0.39, 0.29) is 24.0 Å². The van der Waals surface area contributed by atoms with Crippen molar-refractivity contribution in [1.29, 1.82) is 0 Å². The Morgan fingerprint density at radius 3 is 1.17 bits per heavy atom. The van der Waals surface area contributed by atoms with Crippen LogP contribution < -0.4 is 0 Å². The summed E-state index contributed by atoms with van der Waals surface area (Å²) >= 11 is 0. The van der Waals surface area contributed by atoms with Gasteiger partial charge in [-0.15, -0.1) is 0 Å². The van der Waals surface area contributed by atoms with Crippen LogP contribution in [-0.2, 0) is 0 Å². The Bertz CT molecular complexity index is 128. The van der Waals surface area contributed by atoms with E-state index in [2.05, 4.69) is 0 Å². The summed E-state index contributed by atoms with van der Waals surface area (Å²) in [6, 6.07) is 0. The second kappa shape index (κ2) is 3.35. The van der Waals surface area contributed by atoms with Crippen molar-refractivity contribution in [3.63, 3.8) is 0 Å². The molecule has 2 heteroatoms. The summed E-state index contributed by atoms with van der Waals surface area (Å²) < 4.78 is 0. The second-order valence-corrected chi connectivity index (χ2v) is 4.62. The topological polar surface area (TPSA) is 40.5 Å². The highest BCUT2D eigenvalue weighted by molar-refractivity contribution is 4.99. The molecule has 1 rings (SSSR count). The van der Waals surface area contributed by atoms with Gasteiger partial charge in [0.1, 0.15) is 0 Å². The van der Waals surface area contributed by atoms with Crippen LogP contribution in [0, 0.1) is 23.7 Å². The Labute approximate surface area is 74.6 Å². The Morgan fingerprint density at radius 1 is 0.750 bits per heavy atom. The normalized spacial score (nSPS) is 42.0. The van der Waals surface area contributed by atoms with Crippen LogP contribution in [-0.4, -0.2) is 22.4 Å². The molecule has 1 saturated carbocycles. The van der Waals surface area contributed by atoms with Crippen LogP contribution in [0.1, 0.15) is 27.7 Å². The zero-order valence-electron chi connectivity index (χ0n) is 8.36. The molecule has 0 aliphatic heterocycles. The highest BCUT2D eigenvalue weighted by Crippen LogP contribution is 2.43. The van der Waals surface area contributed by atoms with Crippen LogP contribution >= 0.6 is 0 Å². The first-order valence-electron chi connectivity index (χ1n) is 4.83.